The fourth-order valence-corrected chi connectivity index (χ4v) is 4.67. The molecule has 0 spiro atoms. The molecular formula is C20H28N4O. The van der Waals surface area contributed by atoms with Gasteiger partial charge >= 0.3 is 0 Å². The van der Waals surface area contributed by atoms with Crippen molar-refractivity contribution in [3.63, 3.8) is 0 Å². The highest BCUT2D eigenvalue weighted by Crippen LogP contribution is 2.34. The highest BCUT2D eigenvalue weighted by molar-refractivity contribution is 5.98. The van der Waals surface area contributed by atoms with E-state index < -0.39 is 0 Å². The maximum atomic E-state index is 11.7. The van der Waals surface area contributed by atoms with E-state index >= 15 is 0 Å². The fraction of sp³-hybridized carbons (Fsp3) is 0.600. The molecule has 1 saturated heterocycles. The molecule has 5 nitrogen and oxygen atoms in total. The van der Waals surface area contributed by atoms with E-state index in [4.69, 9.17) is 5.84 Å². The van der Waals surface area contributed by atoms with Gasteiger partial charge in [-0.2, -0.15) is 9.89 Å². The summed E-state index contributed by atoms with van der Waals surface area (Å²) < 4.78 is 0. The van der Waals surface area contributed by atoms with E-state index in [-0.39, 0.29) is 5.78 Å². The first-order valence-electron chi connectivity index (χ1n) is 9.66. The Morgan fingerprint density at radius 2 is 1.84 bits per heavy atom. The molecule has 2 N–H and O–H groups in total. The zero-order chi connectivity index (χ0) is 17.4. The van der Waals surface area contributed by atoms with Crippen LogP contribution in [-0.4, -0.2) is 39.7 Å². The Morgan fingerprint density at radius 1 is 1.12 bits per heavy atom. The largest absolute Gasteiger partial charge is 0.323 e. The normalized spacial score (nSPS) is 21.0. The van der Waals surface area contributed by atoms with E-state index in [0.717, 1.165) is 54.1 Å². The number of nitrogens with zero attached hydrogens (tertiary/aromatic N) is 3. The molecule has 0 bridgehead atoms. The lowest BCUT2D eigenvalue weighted by Crippen LogP contribution is -2.42. The number of hydrogen-bond donors (Lipinski definition) is 1. The van der Waals surface area contributed by atoms with Crippen LogP contribution in [0.25, 0.3) is 10.9 Å². The lowest BCUT2D eigenvalue weighted by molar-refractivity contribution is 0.101. The molecule has 2 fully saturated rings. The molecule has 1 aliphatic carbocycles. The van der Waals surface area contributed by atoms with Gasteiger partial charge in [0.15, 0.2) is 5.78 Å². The Morgan fingerprint density at radius 3 is 2.52 bits per heavy atom. The Bertz CT molecular complexity index is 767. The minimum absolute atomic E-state index is 0.0877. The first-order chi connectivity index (χ1) is 12.1. The van der Waals surface area contributed by atoms with Crippen LogP contribution in [-0.2, 0) is 0 Å². The number of hydrogen-bond acceptors (Lipinski definition) is 4. The van der Waals surface area contributed by atoms with Crippen LogP contribution in [0.3, 0.4) is 0 Å². The third-order valence-electron chi connectivity index (χ3n) is 6.15. The smallest absolute Gasteiger partial charge is 0.159 e. The Balaban J connectivity index is 1.54. The number of likely N-dealkylation sites (tertiary alicyclic amines) is 1. The van der Waals surface area contributed by atoms with Gasteiger partial charge in [-0.15, -0.1) is 0 Å². The molecule has 1 saturated carbocycles. The average Bonchev–Trinajstić information content (AvgIpc) is 2.99. The summed E-state index contributed by atoms with van der Waals surface area (Å²) in [5, 5.41) is 5.66. The van der Waals surface area contributed by atoms with E-state index in [2.05, 4.69) is 10.00 Å². The molecule has 2 aromatic rings. The van der Waals surface area contributed by atoms with Gasteiger partial charge in [0, 0.05) is 22.9 Å². The van der Waals surface area contributed by atoms with Crippen molar-refractivity contribution in [2.45, 2.75) is 63.8 Å². The first kappa shape index (κ1) is 16.6. The second kappa shape index (κ2) is 6.79. The maximum Gasteiger partial charge on any atom is 0.159 e. The Kier molecular flexibility index (Phi) is 4.50. The van der Waals surface area contributed by atoms with Gasteiger partial charge in [0.05, 0.1) is 11.2 Å². The van der Waals surface area contributed by atoms with Gasteiger partial charge in [0.1, 0.15) is 0 Å². The van der Waals surface area contributed by atoms with E-state index in [1.165, 1.54) is 36.9 Å². The summed E-state index contributed by atoms with van der Waals surface area (Å²) >= 11 is 0. The van der Waals surface area contributed by atoms with Crippen LogP contribution >= 0.6 is 0 Å². The second-order valence-electron chi connectivity index (χ2n) is 7.72. The summed E-state index contributed by atoms with van der Waals surface area (Å²) in [5.41, 5.74) is 2.72. The minimum Gasteiger partial charge on any atom is -0.323 e. The van der Waals surface area contributed by atoms with Crippen molar-refractivity contribution in [3.8, 4) is 0 Å². The summed E-state index contributed by atoms with van der Waals surface area (Å²) in [6.45, 7) is 3.91. The van der Waals surface area contributed by atoms with Gasteiger partial charge < -0.3 is 10.7 Å². The van der Waals surface area contributed by atoms with Crippen LogP contribution in [0.5, 0.6) is 0 Å². The number of fused-ring (bicyclic) bond motifs is 1. The summed E-state index contributed by atoms with van der Waals surface area (Å²) in [6, 6.07) is 6.52. The van der Waals surface area contributed by atoms with Crippen molar-refractivity contribution in [3.05, 3.63) is 29.5 Å². The highest BCUT2D eigenvalue weighted by Gasteiger charge is 2.29. The SMILES string of the molecule is CC(=O)c1ccc2c(c1)c(C1CCN(C3CCCCC3)CC1)nn2N. The summed E-state index contributed by atoms with van der Waals surface area (Å²) in [6.07, 6.45) is 9.19. The molecule has 5 heteroatoms. The molecular weight excluding hydrogens is 312 g/mol. The zero-order valence-electron chi connectivity index (χ0n) is 15.1. The molecule has 2 aliphatic rings. The molecule has 0 radical (unpaired) electrons. The van der Waals surface area contributed by atoms with E-state index in [1.807, 2.05) is 18.2 Å². The number of rotatable bonds is 3. The van der Waals surface area contributed by atoms with Gasteiger partial charge in [-0.25, -0.2) is 0 Å². The van der Waals surface area contributed by atoms with Gasteiger partial charge in [-0.3, -0.25) is 4.79 Å². The van der Waals surface area contributed by atoms with Crippen molar-refractivity contribution >= 4 is 16.7 Å². The van der Waals surface area contributed by atoms with Crippen LogP contribution in [0.4, 0.5) is 0 Å². The predicted molar refractivity (Wildman–Crippen MR) is 100 cm³/mol. The summed E-state index contributed by atoms with van der Waals surface area (Å²) in [4.78, 5) is 15.9. The molecule has 134 valence electrons. The van der Waals surface area contributed by atoms with Crippen LogP contribution in [0.2, 0.25) is 0 Å². The van der Waals surface area contributed by atoms with Gasteiger partial charge in [0.25, 0.3) is 0 Å². The third kappa shape index (κ3) is 3.17. The number of aromatic nitrogens is 2. The van der Waals surface area contributed by atoms with Gasteiger partial charge in [-0.1, -0.05) is 19.3 Å². The molecule has 0 amide bonds. The molecule has 1 aromatic heterocycles. The lowest BCUT2D eigenvalue weighted by Gasteiger charge is -2.39. The fourth-order valence-electron chi connectivity index (χ4n) is 4.67. The molecule has 1 aromatic carbocycles. The van der Waals surface area contributed by atoms with E-state index in [1.54, 1.807) is 6.92 Å². The van der Waals surface area contributed by atoms with Crippen LogP contribution < -0.4 is 5.84 Å². The first-order valence-corrected chi connectivity index (χ1v) is 9.66. The number of nitrogens with two attached hydrogens (primary N) is 1. The van der Waals surface area contributed by atoms with Crippen molar-refractivity contribution in [1.82, 2.24) is 14.8 Å². The zero-order valence-corrected chi connectivity index (χ0v) is 15.1. The quantitative estimate of drug-likeness (QED) is 0.686. The van der Waals surface area contributed by atoms with E-state index in [9.17, 15) is 4.79 Å². The van der Waals surface area contributed by atoms with Gasteiger partial charge in [0.2, 0.25) is 0 Å². The van der Waals surface area contributed by atoms with Crippen molar-refractivity contribution < 1.29 is 4.79 Å². The highest BCUT2D eigenvalue weighted by atomic mass is 16.1. The van der Waals surface area contributed by atoms with Crippen molar-refractivity contribution in [2.75, 3.05) is 18.9 Å². The monoisotopic (exact) mass is 340 g/mol. The predicted octanol–water partition coefficient (Wildman–Crippen LogP) is 3.46. The Hall–Kier alpha value is -1.88. The third-order valence-corrected chi connectivity index (χ3v) is 6.15. The molecule has 0 atom stereocenters. The van der Waals surface area contributed by atoms with Crippen molar-refractivity contribution in [1.29, 1.82) is 0 Å². The number of carbonyl (C=O) groups excluding carboxylic acids is 1. The maximum absolute atomic E-state index is 11.7. The Labute approximate surface area is 149 Å². The molecule has 2 heterocycles. The van der Waals surface area contributed by atoms with Gasteiger partial charge in [-0.05, 0) is 63.9 Å². The molecule has 25 heavy (non-hydrogen) atoms. The minimum atomic E-state index is 0.0877. The number of nitrogen functional groups attached to an aromatic ring is 1. The molecule has 1 aliphatic heterocycles. The number of carbonyl (C=O) groups is 1. The van der Waals surface area contributed by atoms with Crippen LogP contribution in [0.15, 0.2) is 18.2 Å². The second-order valence-corrected chi connectivity index (χ2v) is 7.72. The van der Waals surface area contributed by atoms with Crippen LogP contribution in [0.1, 0.15) is 73.8 Å². The van der Waals surface area contributed by atoms with E-state index in [0.29, 0.717) is 5.92 Å². The summed E-state index contributed by atoms with van der Waals surface area (Å²) in [5.74, 6) is 6.59. The van der Waals surface area contributed by atoms with Crippen LogP contribution in [0, 0.1) is 0 Å². The lowest BCUT2D eigenvalue weighted by atomic mass is 9.88. The van der Waals surface area contributed by atoms with Crippen molar-refractivity contribution in [2.24, 2.45) is 0 Å². The standard InChI is InChI=1S/C20H28N4O/c1-14(25)16-7-8-19-18(13-16)20(22-24(19)21)15-9-11-23(12-10-15)17-5-3-2-4-6-17/h7-8,13,15,17H,2-6,9-12,21H2,1H3. The number of ketones is 1. The number of Topliss-reactive ketones (excluding diaryl/α,β-unsaturated/α-hetero) is 1. The number of piperidine rings is 1. The average molecular weight is 340 g/mol. The topological polar surface area (TPSA) is 64.2 Å². The summed E-state index contributed by atoms with van der Waals surface area (Å²) in [7, 11) is 0. The number of benzene rings is 1. The molecule has 0 unspecified atom stereocenters. The molecule has 4 rings (SSSR count).